The van der Waals surface area contributed by atoms with Gasteiger partial charge in [-0.3, -0.25) is 34.5 Å². The van der Waals surface area contributed by atoms with Crippen LogP contribution in [0.25, 0.3) is 0 Å². The summed E-state index contributed by atoms with van der Waals surface area (Å²) in [4.78, 5) is 174. The number of aromatic carboxylic acids is 3. The number of thiol groups is 1. The van der Waals surface area contributed by atoms with Gasteiger partial charge in [-0.05, 0) is 137 Å². The van der Waals surface area contributed by atoms with Gasteiger partial charge in [0.15, 0.2) is 40.2 Å². The molecule has 60 heteroatoms. The van der Waals surface area contributed by atoms with E-state index >= 15 is 0 Å². The Balaban J connectivity index is 0.00000149. The number of nitro groups is 3. The first-order chi connectivity index (χ1) is 62.0. The number of anilines is 4. The summed E-state index contributed by atoms with van der Waals surface area (Å²) in [6.45, 7) is 9.94. The zero-order valence-electron chi connectivity index (χ0n) is 69.8. The Hall–Kier alpha value is -15.3. The van der Waals surface area contributed by atoms with Crippen molar-refractivity contribution < 1.29 is 131 Å². The molecule has 0 bridgehead atoms. The number of carboxylic acids is 3. The molecule has 7 heterocycles. The first kappa shape index (κ1) is 118. The molecular weight excluding hydrogens is 1960 g/mol. The van der Waals surface area contributed by atoms with Crippen LogP contribution in [0.1, 0.15) is 164 Å². The number of nitrogen functional groups attached to an aromatic ring is 1. The van der Waals surface area contributed by atoms with E-state index in [0.717, 1.165) is 44.2 Å². The average Bonchev–Trinajstić information content (AvgIpc) is 1.71. The van der Waals surface area contributed by atoms with E-state index < -0.39 is 115 Å². The number of nitrogens with one attached hydrogen (secondary N) is 8. The molecule has 133 heavy (non-hydrogen) atoms. The number of rotatable bonds is 17. The van der Waals surface area contributed by atoms with E-state index in [2.05, 4.69) is 132 Å². The number of H-pyrrole nitrogens is 5. The zero-order chi connectivity index (χ0) is 101. The van der Waals surface area contributed by atoms with Gasteiger partial charge < -0.3 is 106 Å². The summed E-state index contributed by atoms with van der Waals surface area (Å²) >= 11 is 34.7. The third-order valence-electron chi connectivity index (χ3n) is 13.5. The zero-order valence-corrected chi connectivity index (χ0v) is 76.1. The molecule has 1 radical (unpaired) electrons. The summed E-state index contributed by atoms with van der Waals surface area (Å²) in [5, 5.41) is 115. The van der Waals surface area contributed by atoms with Crippen molar-refractivity contribution in [3.63, 3.8) is 0 Å². The van der Waals surface area contributed by atoms with Crippen molar-refractivity contribution in [3.05, 3.63) is 250 Å². The van der Waals surface area contributed by atoms with Gasteiger partial charge in [0.2, 0.25) is 5.69 Å². The fourth-order valence-corrected chi connectivity index (χ4v) is 9.62. The Labute approximate surface area is 788 Å². The molecule has 3 amide bonds. The molecule has 0 spiro atoms. The van der Waals surface area contributed by atoms with Gasteiger partial charge in [0, 0.05) is 32.4 Å². The number of esters is 4. The van der Waals surface area contributed by atoms with Gasteiger partial charge in [-0.15, -0.1) is 14.9 Å². The summed E-state index contributed by atoms with van der Waals surface area (Å²) in [5.74, 6) is -8.80. The standard InChI is InChI=1S/C12H10ClN3O3.C11H7BrClN3O3.C11H8ClN3O3.C10H13N3O6.C10H15N3O4.C7H4Cl2O.C5H5N3O4.C4H3N3O4.2CH4O.CH4.BHNS/c1-19-12(18)9-6-10(16-15-9)14-11(17)7-4-2-3-5-8(7)13;12-7-8(11(18)19)15-16-9(7)14-10(17)5-3-1-2-4-6(5)13;12-7-4-2-1-3-6(7)10(16)13-9-5-8(11(17)18)14-15-9;1-10(2,3)19-9(15)12-7(13(16)17)5-6(11-12)8(14)18-4;1-10(2,3)17-9(15)13-7(11)5-6(12-13)8(14)16-4;8-6-4-2-1-3-5(6)7(9)10;1-12-5(9)3-2-4(7-6-3)8(10)11;8-4(9)2-1-3(6-5-2)7(10)11;2*1-2;;1-2-3/h2-6H,1H3,(H2,14,15,16,17);1-4H,(H,18,19)(H2,14,15,16,17);1-5H,(H,17,18)(H2,13,14,15,16);5H,1-4H3;5H,11H2,1-4H3;1-4H;2H,1H3,(H,6,7);1H,(H,5,6)(H,8,9);2*2H,1H3;1H4;3H. The minimum atomic E-state index is -1.30. The normalized spacial score (nSPS) is 9.74. The number of aliphatic hydroxyl groups is 2. The van der Waals surface area contributed by atoms with Crippen LogP contribution >= 0.6 is 86.7 Å². The number of halogens is 6. The number of nitrogens with two attached hydrogens (primary N) is 1. The molecule has 0 aliphatic heterocycles. The van der Waals surface area contributed by atoms with Crippen molar-refractivity contribution in [2.75, 3.05) is 64.3 Å². The maximum absolute atomic E-state index is 11.9. The molecule has 7 aromatic heterocycles. The number of methoxy groups -OCH3 is 4. The molecule has 0 unspecified atom stereocenters. The Bertz CT molecular complexity index is 5860. The number of aliphatic hydroxyl groups excluding tert-OH is 2. The van der Waals surface area contributed by atoms with Crippen molar-refractivity contribution in [3.8, 4) is 0 Å². The SMILES string of the molecule is C.CO.CO.COC(=O)c1cc(N)n(C(=O)OC(C)(C)C)n1.COC(=O)c1cc(NC(=O)c2ccccc2Cl)n[nH]1.COC(=O)c1cc([N+](=O)[O-])[nH]n1.COC(=O)c1cc([N+](=O)[O-])n(C(=O)OC(C)(C)C)n1.O=C(Cl)c1ccccc1Cl.O=C(Nc1n[nH]c(C(=O)O)c1Br)c1ccccc1Cl.O=C(O)c1cc(NC(=O)c2ccccc2Cl)n[nH]1.O=C(O)c1cc([N+](=O)[O-])[nH]n1.[B]=NS. The monoisotopic (exact) mass is 2040 g/mol. The molecule has 15 N–H and O–H groups in total. The predicted octanol–water partition coefficient (Wildman–Crippen LogP) is 12.2. The second-order valence-corrected chi connectivity index (χ2v) is 27.8. The van der Waals surface area contributed by atoms with Crippen LogP contribution < -0.4 is 21.7 Å². The Morgan fingerprint density at radius 1 is 0.474 bits per heavy atom. The van der Waals surface area contributed by atoms with Gasteiger partial charge in [-0.25, -0.2) is 38.4 Å². The quantitative estimate of drug-likeness (QED) is 0.00766. The summed E-state index contributed by atoms with van der Waals surface area (Å²) in [5.41, 5.74) is 4.31. The van der Waals surface area contributed by atoms with Crippen LogP contribution in [0.3, 0.4) is 0 Å². The third-order valence-corrected chi connectivity index (χ3v) is 15.8. The van der Waals surface area contributed by atoms with E-state index in [4.69, 9.17) is 98.7 Å². The van der Waals surface area contributed by atoms with E-state index in [1.807, 2.05) is 5.10 Å². The van der Waals surface area contributed by atoms with E-state index in [1.54, 1.807) is 139 Å². The van der Waals surface area contributed by atoms with Crippen LogP contribution in [0.2, 0.25) is 20.1 Å². The number of carbonyl (C=O) groups is 13. The van der Waals surface area contributed by atoms with Crippen molar-refractivity contribution in [1.82, 2.24) is 70.5 Å². The summed E-state index contributed by atoms with van der Waals surface area (Å²) in [6.07, 6.45) is -1.79. The molecular formula is C73H78BBrCl5N22O30S. The number of carbonyl (C=O) groups excluding carboxylic acids is 10. The fraction of sp³-hybridized carbons (Fsp3) is 0.205. The van der Waals surface area contributed by atoms with Gasteiger partial charge in [0.25, 0.3) is 23.0 Å². The molecule has 0 atom stereocenters. The van der Waals surface area contributed by atoms with Gasteiger partial charge in [-0.1, -0.05) is 118 Å². The van der Waals surface area contributed by atoms with E-state index in [0.29, 0.717) is 41.5 Å². The van der Waals surface area contributed by atoms with Gasteiger partial charge >= 0.3 is 96.2 Å². The molecule has 11 rings (SSSR count). The van der Waals surface area contributed by atoms with Crippen molar-refractivity contribution >= 4 is 212 Å². The second-order valence-electron chi connectivity index (χ2n) is 24.8. The summed E-state index contributed by atoms with van der Waals surface area (Å²) in [7, 11) is 11.1. The van der Waals surface area contributed by atoms with Gasteiger partial charge in [-0.2, -0.15) is 25.2 Å². The summed E-state index contributed by atoms with van der Waals surface area (Å²) < 4.78 is 31.7. The number of hydrogen-bond donors (Lipinski definition) is 15. The molecule has 0 aliphatic rings. The van der Waals surface area contributed by atoms with Crippen molar-refractivity contribution in [1.29, 1.82) is 0 Å². The van der Waals surface area contributed by atoms with Crippen LogP contribution in [-0.4, -0.2) is 249 Å². The molecule has 0 aliphatic carbocycles. The molecule has 0 saturated carbocycles. The van der Waals surface area contributed by atoms with Crippen LogP contribution in [0, 0.1) is 30.3 Å². The minimum absolute atomic E-state index is 0. The Kier molecular flexibility index (Phi) is 51.6. The van der Waals surface area contributed by atoms with E-state index in [9.17, 15) is 92.7 Å². The number of benzene rings is 4. The first-order valence-electron chi connectivity index (χ1n) is 34.9. The number of aromatic nitrogens is 14. The molecule has 4 aromatic carbocycles. The van der Waals surface area contributed by atoms with E-state index in [1.165, 1.54) is 39.5 Å². The number of nitrogens with zero attached hydrogens (tertiary/aromatic N) is 13. The fourth-order valence-electron chi connectivity index (χ4n) is 8.07. The number of ether oxygens (including phenoxy) is 6. The topological polar surface area (TPSA) is 761 Å². The molecule has 0 fully saturated rings. The van der Waals surface area contributed by atoms with Crippen molar-refractivity contribution in [2.24, 2.45) is 4.30 Å². The maximum atomic E-state index is 11.9. The predicted molar refractivity (Wildman–Crippen MR) is 479 cm³/mol. The Morgan fingerprint density at radius 2 is 0.820 bits per heavy atom. The average molecular weight is 2040 g/mol. The number of aromatic amines is 5. The third kappa shape index (κ3) is 40.1. The first-order valence-corrected chi connectivity index (χ1v) is 38.0. The molecule has 52 nitrogen and oxygen atoms in total. The molecule has 711 valence electrons. The van der Waals surface area contributed by atoms with Crippen LogP contribution in [0.15, 0.2) is 142 Å². The number of hydrogen-bond acceptors (Lipinski definition) is 37. The number of carboxylic acid groups (broad SMARTS) is 3. The van der Waals surface area contributed by atoms with Gasteiger partial charge in [0.05, 0.1) is 93.5 Å². The second kappa shape index (κ2) is 58.3. The van der Waals surface area contributed by atoms with Crippen molar-refractivity contribution in [2.45, 2.75) is 60.2 Å². The van der Waals surface area contributed by atoms with Crippen LogP contribution in [0.4, 0.5) is 50.3 Å². The Morgan fingerprint density at radius 3 is 1.14 bits per heavy atom. The van der Waals surface area contributed by atoms with Crippen LogP contribution in [0.5, 0.6) is 0 Å². The van der Waals surface area contributed by atoms with Crippen LogP contribution in [-0.2, 0) is 28.4 Å². The number of amides is 3. The van der Waals surface area contributed by atoms with E-state index in [-0.39, 0.29) is 86.4 Å². The van der Waals surface area contributed by atoms with Gasteiger partial charge in [0.1, 0.15) is 28.4 Å². The molecule has 0 saturated heterocycles. The summed E-state index contributed by atoms with van der Waals surface area (Å²) in [6, 6.07) is 32.8. The molecule has 11 aromatic rings.